The fourth-order valence-corrected chi connectivity index (χ4v) is 1.61. The van der Waals surface area contributed by atoms with Gasteiger partial charge in [0.25, 0.3) is 0 Å². The second kappa shape index (κ2) is 5.70. The van der Waals surface area contributed by atoms with Crippen LogP contribution in [0.5, 0.6) is 0 Å². The summed E-state index contributed by atoms with van der Waals surface area (Å²) >= 11 is 0. The van der Waals surface area contributed by atoms with E-state index in [4.69, 9.17) is 4.74 Å². The molecule has 1 rings (SSSR count). The van der Waals surface area contributed by atoms with E-state index in [1.54, 1.807) is 11.8 Å². The van der Waals surface area contributed by atoms with Gasteiger partial charge in [-0.05, 0) is 13.3 Å². The van der Waals surface area contributed by atoms with Gasteiger partial charge in [-0.15, -0.1) is 0 Å². The minimum atomic E-state index is -0.542. The van der Waals surface area contributed by atoms with Gasteiger partial charge in [-0.3, -0.25) is 9.59 Å². The summed E-state index contributed by atoms with van der Waals surface area (Å²) in [4.78, 5) is 23.8. The zero-order valence-electron chi connectivity index (χ0n) is 8.94. The summed E-state index contributed by atoms with van der Waals surface area (Å²) in [5, 5.41) is 9.21. The van der Waals surface area contributed by atoms with Gasteiger partial charge < -0.3 is 14.7 Å². The molecule has 5 nitrogen and oxygen atoms in total. The van der Waals surface area contributed by atoms with E-state index in [0.29, 0.717) is 32.5 Å². The highest BCUT2D eigenvalue weighted by Crippen LogP contribution is 2.11. The van der Waals surface area contributed by atoms with Crippen molar-refractivity contribution >= 4 is 11.9 Å². The van der Waals surface area contributed by atoms with Gasteiger partial charge in [0, 0.05) is 19.5 Å². The number of likely N-dealkylation sites (tertiary alicyclic amines) is 1. The van der Waals surface area contributed by atoms with Crippen LogP contribution in [0.1, 0.15) is 26.2 Å². The Morgan fingerprint density at radius 2 is 2.40 bits per heavy atom. The number of β-amino-alcohol motifs (C(OH)–C–C–N with tert-alkyl or cyclic N) is 1. The van der Waals surface area contributed by atoms with Gasteiger partial charge in [0.2, 0.25) is 5.91 Å². The molecule has 1 fully saturated rings. The molecule has 1 N–H and O–H groups in total. The molecule has 1 aliphatic heterocycles. The predicted octanol–water partition coefficient (Wildman–Crippen LogP) is -0.0771. The third kappa shape index (κ3) is 3.87. The molecule has 0 spiro atoms. The Balaban J connectivity index is 2.15. The maximum Gasteiger partial charge on any atom is 0.305 e. The fraction of sp³-hybridized carbons (Fsp3) is 0.800. The summed E-state index contributed by atoms with van der Waals surface area (Å²) in [6.07, 6.45) is 0.588. The third-order valence-corrected chi connectivity index (χ3v) is 2.31. The molecule has 0 aromatic heterocycles. The van der Waals surface area contributed by atoms with Crippen LogP contribution in [0.15, 0.2) is 0 Å². The molecule has 1 amide bonds. The zero-order valence-corrected chi connectivity index (χ0v) is 8.94. The third-order valence-electron chi connectivity index (χ3n) is 2.31. The SMILES string of the molecule is CCOC(=O)CCCN1CC(O)CC1=O. The van der Waals surface area contributed by atoms with Crippen LogP contribution >= 0.6 is 0 Å². The van der Waals surface area contributed by atoms with Gasteiger partial charge in [0.05, 0.1) is 19.1 Å². The van der Waals surface area contributed by atoms with Crippen molar-refractivity contribution in [2.45, 2.75) is 32.3 Å². The first-order chi connectivity index (χ1) is 7.13. The second-order valence-electron chi connectivity index (χ2n) is 3.61. The Labute approximate surface area is 89.0 Å². The molecule has 1 aliphatic rings. The van der Waals surface area contributed by atoms with Crippen LogP contribution in [0.2, 0.25) is 0 Å². The van der Waals surface area contributed by atoms with Crippen LogP contribution in [-0.4, -0.2) is 47.7 Å². The number of carbonyl (C=O) groups excluding carboxylic acids is 2. The summed E-state index contributed by atoms with van der Waals surface area (Å²) < 4.78 is 4.76. The molecule has 0 aromatic carbocycles. The van der Waals surface area contributed by atoms with Crippen molar-refractivity contribution in [2.75, 3.05) is 19.7 Å². The standard InChI is InChI=1S/C10H17NO4/c1-2-15-10(14)4-3-5-11-7-8(12)6-9(11)13/h8,12H,2-7H2,1H3. The van der Waals surface area contributed by atoms with E-state index in [0.717, 1.165) is 0 Å². The minimum absolute atomic E-state index is 0.0358. The van der Waals surface area contributed by atoms with E-state index in [9.17, 15) is 14.7 Å². The number of carbonyl (C=O) groups is 2. The summed E-state index contributed by atoms with van der Waals surface area (Å²) in [5.74, 6) is -0.268. The Bertz CT molecular complexity index is 242. The first-order valence-corrected chi connectivity index (χ1v) is 5.25. The molecule has 1 heterocycles. The number of esters is 1. The molecule has 15 heavy (non-hydrogen) atoms. The van der Waals surface area contributed by atoms with Crippen LogP contribution < -0.4 is 0 Å². The van der Waals surface area contributed by atoms with Gasteiger partial charge in [0.15, 0.2) is 0 Å². The highest BCUT2D eigenvalue weighted by atomic mass is 16.5. The summed E-state index contributed by atoms with van der Waals surface area (Å²) in [7, 11) is 0. The molecule has 86 valence electrons. The smallest absolute Gasteiger partial charge is 0.305 e. The summed E-state index contributed by atoms with van der Waals surface area (Å²) in [6.45, 7) is 3.06. The van der Waals surface area contributed by atoms with Crippen LogP contribution in [0.4, 0.5) is 0 Å². The predicted molar refractivity (Wildman–Crippen MR) is 53.1 cm³/mol. The van der Waals surface area contributed by atoms with E-state index >= 15 is 0 Å². The molecular formula is C10H17NO4. The molecule has 1 saturated heterocycles. The van der Waals surface area contributed by atoms with E-state index in [1.165, 1.54) is 0 Å². The minimum Gasteiger partial charge on any atom is -0.466 e. The first-order valence-electron chi connectivity index (χ1n) is 5.25. The van der Waals surface area contributed by atoms with Gasteiger partial charge >= 0.3 is 5.97 Å². The average molecular weight is 215 g/mol. The maximum absolute atomic E-state index is 11.2. The number of hydrogen-bond donors (Lipinski definition) is 1. The van der Waals surface area contributed by atoms with Crippen LogP contribution in [0.25, 0.3) is 0 Å². The number of amides is 1. The van der Waals surface area contributed by atoms with E-state index in [-0.39, 0.29) is 18.3 Å². The van der Waals surface area contributed by atoms with Gasteiger partial charge in [-0.25, -0.2) is 0 Å². The van der Waals surface area contributed by atoms with Crippen LogP contribution in [0.3, 0.4) is 0 Å². The maximum atomic E-state index is 11.2. The monoisotopic (exact) mass is 215 g/mol. The molecule has 0 saturated carbocycles. The van der Waals surface area contributed by atoms with Crippen LogP contribution in [-0.2, 0) is 14.3 Å². The largest absolute Gasteiger partial charge is 0.466 e. The second-order valence-corrected chi connectivity index (χ2v) is 3.61. The number of hydrogen-bond acceptors (Lipinski definition) is 4. The molecular weight excluding hydrogens is 198 g/mol. The molecule has 0 aromatic rings. The van der Waals surface area contributed by atoms with E-state index in [1.807, 2.05) is 0 Å². The molecule has 0 aliphatic carbocycles. The van der Waals surface area contributed by atoms with Crippen molar-refractivity contribution in [1.82, 2.24) is 4.90 Å². The lowest BCUT2D eigenvalue weighted by molar-refractivity contribution is -0.143. The normalized spacial score (nSPS) is 20.8. The Kier molecular flexibility index (Phi) is 4.55. The Morgan fingerprint density at radius 3 is 2.93 bits per heavy atom. The van der Waals surface area contributed by atoms with Gasteiger partial charge in [-0.2, -0.15) is 0 Å². The number of aliphatic hydroxyl groups excluding tert-OH is 1. The first kappa shape index (κ1) is 12.0. The molecule has 1 atom stereocenters. The number of aliphatic hydroxyl groups is 1. The average Bonchev–Trinajstić information content (AvgIpc) is 2.46. The van der Waals surface area contributed by atoms with Gasteiger partial charge in [0.1, 0.15) is 0 Å². The molecule has 0 radical (unpaired) electrons. The molecule has 0 bridgehead atoms. The van der Waals surface area contributed by atoms with Crippen molar-refractivity contribution in [3.05, 3.63) is 0 Å². The van der Waals surface area contributed by atoms with Crippen molar-refractivity contribution in [3.8, 4) is 0 Å². The van der Waals surface area contributed by atoms with E-state index in [2.05, 4.69) is 0 Å². The van der Waals surface area contributed by atoms with Crippen molar-refractivity contribution in [2.24, 2.45) is 0 Å². The van der Waals surface area contributed by atoms with Crippen LogP contribution in [0, 0.1) is 0 Å². The summed E-state index contributed by atoms with van der Waals surface area (Å²) in [6, 6.07) is 0. The molecule has 5 heteroatoms. The lowest BCUT2D eigenvalue weighted by Gasteiger charge is -2.14. The van der Waals surface area contributed by atoms with Crippen molar-refractivity contribution < 1.29 is 19.4 Å². The van der Waals surface area contributed by atoms with Crippen molar-refractivity contribution in [1.29, 1.82) is 0 Å². The van der Waals surface area contributed by atoms with Crippen molar-refractivity contribution in [3.63, 3.8) is 0 Å². The highest BCUT2D eigenvalue weighted by molar-refractivity contribution is 5.79. The Morgan fingerprint density at radius 1 is 1.67 bits per heavy atom. The zero-order chi connectivity index (χ0) is 11.3. The van der Waals surface area contributed by atoms with E-state index < -0.39 is 6.10 Å². The quantitative estimate of drug-likeness (QED) is 0.651. The number of nitrogens with zero attached hydrogens (tertiary/aromatic N) is 1. The molecule has 1 unspecified atom stereocenters. The fourth-order valence-electron chi connectivity index (χ4n) is 1.61. The lowest BCUT2D eigenvalue weighted by atomic mass is 10.3. The topological polar surface area (TPSA) is 66.8 Å². The number of ether oxygens (including phenoxy) is 1. The van der Waals surface area contributed by atoms with Gasteiger partial charge in [-0.1, -0.05) is 0 Å². The summed E-state index contributed by atoms with van der Waals surface area (Å²) in [5.41, 5.74) is 0. The lowest BCUT2D eigenvalue weighted by Crippen LogP contribution is -2.27. The Hall–Kier alpha value is -1.10. The number of rotatable bonds is 5. The highest BCUT2D eigenvalue weighted by Gasteiger charge is 2.27.